The van der Waals surface area contributed by atoms with Gasteiger partial charge in [0.05, 0.1) is 0 Å². The van der Waals surface area contributed by atoms with Crippen LogP contribution in [0.15, 0.2) is 48.5 Å². The zero-order valence-corrected chi connectivity index (χ0v) is 13.0. The van der Waals surface area contributed by atoms with Gasteiger partial charge in [-0.2, -0.15) is 0 Å². The highest BCUT2D eigenvalue weighted by molar-refractivity contribution is 6.30. The third kappa shape index (κ3) is 3.46. The first-order valence-electron chi connectivity index (χ1n) is 7.54. The predicted octanol–water partition coefficient (Wildman–Crippen LogP) is 4.23. The van der Waals surface area contributed by atoms with Crippen LogP contribution in [0, 0.1) is 0 Å². The molecule has 3 heteroatoms. The molecule has 3 rings (SSSR count). The number of hydrogen-bond donors (Lipinski definition) is 2. The average molecular weight is 301 g/mol. The lowest BCUT2D eigenvalue weighted by Gasteiger charge is -2.24. The Bertz CT molecular complexity index is 612. The summed E-state index contributed by atoms with van der Waals surface area (Å²) in [6, 6.07) is 17.5. The number of halogens is 1. The summed E-state index contributed by atoms with van der Waals surface area (Å²) in [4.78, 5) is 0. The Labute approximate surface area is 131 Å². The lowest BCUT2D eigenvalue weighted by atomic mass is 9.97. The van der Waals surface area contributed by atoms with Crippen LogP contribution in [0.4, 0.5) is 0 Å². The van der Waals surface area contributed by atoms with Crippen molar-refractivity contribution in [2.75, 3.05) is 6.54 Å². The van der Waals surface area contributed by atoms with Crippen molar-refractivity contribution >= 4 is 11.6 Å². The van der Waals surface area contributed by atoms with Gasteiger partial charge in [0.1, 0.15) is 0 Å². The van der Waals surface area contributed by atoms with Gasteiger partial charge in [0, 0.05) is 23.7 Å². The molecule has 0 radical (unpaired) electrons. The minimum absolute atomic E-state index is 0.278. The van der Waals surface area contributed by atoms with Crippen LogP contribution >= 0.6 is 11.6 Å². The molecule has 2 N–H and O–H groups in total. The van der Waals surface area contributed by atoms with Gasteiger partial charge in [0.2, 0.25) is 0 Å². The van der Waals surface area contributed by atoms with Gasteiger partial charge in [0.25, 0.3) is 0 Å². The summed E-state index contributed by atoms with van der Waals surface area (Å²) in [5, 5.41) is 8.05. The molecule has 0 saturated carbocycles. The van der Waals surface area contributed by atoms with E-state index in [2.05, 4.69) is 47.9 Å². The first kappa shape index (κ1) is 14.6. The highest BCUT2D eigenvalue weighted by Crippen LogP contribution is 2.27. The van der Waals surface area contributed by atoms with Crippen molar-refractivity contribution in [3.05, 3.63) is 70.2 Å². The predicted molar refractivity (Wildman–Crippen MR) is 88.5 cm³/mol. The number of fused-ring (bicyclic) bond motifs is 1. The highest BCUT2D eigenvalue weighted by atomic mass is 35.5. The maximum absolute atomic E-state index is 6.10. The van der Waals surface area contributed by atoms with Crippen molar-refractivity contribution in [3.63, 3.8) is 0 Å². The Morgan fingerprint density at radius 2 is 2.05 bits per heavy atom. The molecule has 2 aromatic rings. The molecule has 1 aliphatic heterocycles. The van der Waals surface area contributed by atoms with E-state index < -0.39 is 0 Å². The second-order valence-corrected chi connectivity index (χ2v) is 6.10. The van der Waals surface area contributed by atoms with Crippen molar-refractivity contribution in [3.8, 4) is 0 Å². The van der Waals surface area contributed by atoms with Crippen molar-refractivity contribution in [1.29, 1.82) is 0 Å². The van der Waals surface area contributed by atoms with Gasteiger partial charge in [-0.15, -0.1) is 0 Å². The van der Waals surface area contributed by atoms with Crippen LogP contribution in [0.2, 0.25) is 5.02 Å². The molecule has 1 heterocycles. The summed E-state index contributed by atoms with van der Waals surface area (Å²) in [5.74, 6) is 0. The van der Waals surface area contributed by atoms with Gasteiger partial charge < -0.3 is 10.6 Å². The first-order chi connectivity index (χ1) is 10.2. The van der Waals surface area contributed by atoms with Crippen LogP contribution in [0.25, 0.3) is 0 Å². The molecule has 0 fully saturated rings. The normalized spacial score (nSPS) is 19.6. The molecule has 0 saturated heterocycles. The monoisotopic (exact) mass is 300 g/mol. The Kier molecular flexibility index (Phi) is 4.59. The Morgan fingerprint density at radius 3 is 2.90 bits per heavy atom. The molecule has 0 aromatic heterocycles. The van der Waals surface area contributed by atoms with Gasteiger partial charge >= 0.3 is 0 Å². The summed E-state index contributed by atoms with van der Waals surface area (Å²) in [6.45, 7) is 4.20. The van der Waals surface area contributed by atoms with Crippen LogP contribution in [0.3, 0.4) is 0 Å². The van der Waals surface area contributed by atoms with Crippen LogP contribution in [0.1, 0.15) is 42.1 Å². The lowest BCUT2D eigenvalue weighted by molar-refractivity contribution is 0.443. The van der Waals surface area contributed by atoms with E-state index in [-0.39, 0.29) is 6.04 Å². The fraction of sp³-hybridized carbons (Fsp3) is 0.333. The molecule has 2 aromatic carbocycles. The smallest absolute Gasteiger partial charge is 0.0409 e. The number of nitrogens with one attached hydrogen (secondary N) is 2. The minimum atomic E-state index is 0.278. The van der Waals surface area contributed by atoms with Crippen molar-refractivity contribution < 1.29 is 0 Å². The molecule has 0 aliphatic carbocycles. The summed E-state index contributed by atoms with van der Waals surface area (Å²) in [6.07, 6.45) is 1.10. The maximum atomic E-state index is 6.10. The second-order valence-electron chi connectivity index (χ2n) is 5.66. The van der Waals surface area contributed by atoms with E-state index >= 15 is 0 Å². The highest BCUT2D eigenvalue weighted by Gasteiger charge is 2.20. The lowest BCUT2D eigenvalue weighted by Crippen LogP contribution is -2.26. The zero-order chi connectivity index (χ0) is 14.7. The minimum Gasteiger partial charge on any atom is -0.313 e. The van der Waals surface area contributed by atoms with Crippen LogP contribution in [0.5, 0.6) is 0 Å². The summed E-state index contributed by atoms with van der Waals surface area (Å²) < 4.78 is 0. The van der Waals surface area contributed by atoms with Crippen LogP contribution < -0.4 is 10.6 Å². The van der Waals surface area contributed by atoms with E-state index in [1.54, 1.807) is 0 Å². The molecule has 2 nitrogen and oxygen atoms in total. The number of benzene rings is 2. The van der Waals surface area contributed by atoms with E-state index in [4.69, 9.17) is 11.6 Å². The second kappa shape index (κ2) is 6.61. The van der Waals surface area contributed by atoms with Gasteiger partial charge in [0.15, 0.2) is 0 Å². The average Bonchev–Trinajstić information content (AvgIpc) is 2.70. The summed E-state index contributed by atoms with van der Waals surface area (Å²) in [7, 11) is 0. The third-order valence-corrected chi connectivity index (χ3v) is 4.39. The van der Waals surface area contributed by atoms with E-state index in [9.17, 15) is 0 Å². The molecular formula is C18H21ClN2. The topological polar surface area (TPSA) is 24.1 Å². The van der Waals surface area contributed by atoms with Crippen LogP contribution in [-0.2, 0) is 6.54 Å². The van der Waals surface area contributed by atoms with Gasteiger partial charge in [-0.3, -0.25) is 0 Å². The van der Waals surface area contributed by atoms with Gasteiger partial charge in [-0.05, 0) is 48.7 Å². The van der Waals surface area contributed by atoms with E-state index in [0.717, 1.165) is 24.5 Å². The molecule has 21 heavy (non-hydrogen) atoms. The van der Waals surface area contributed by atoms with E-state index in [1.807, 2.05) is 18.2 Å². The first-order valence-corrected chi connectivity index (χ1v) is 7.92. The zero-order valence-electron chi connectivity index (χ0n) is 12.3. The Balaban J connectivity index is 1.81. The number of rotatable bonds is 3. The fourth-order valence-electron chi connectivity index (χ4n) is 3.01. The molecule has 0 bridgehead atoms. The van der Waals surface area contributed by atoms with Crippen molar-refractivity contribution in [2.45, 2.75) is 32.0 Å². The molecule has 0 amide bonds. The summed E-state index contributed by atoms with van der Waals surface area (Å²) >= 11 is 6.10. The Morgan fingerprint density at radius 1 is 1.19 bits per heavy atom. The molecule has 2 atom stereocenters. The molecule has 110 valence electrons. The molecule has 0 spiro atoms. The molecule has 1 unspecified atom stereocenters. The largest absolute Gasteiger partial charge is 0.313 e. The molecule has 1 aliphatic rings. The number of hydrogen-bond acceptors (Lipinski definition) is 2. The third-order valence-electron chi connectivity index (χ3n) is 4.16. The standard InChI is InChI=1S/C18H21ClN2/c1-13(14-6-4-7-16(19)11-14)21-18-9-10-20-12-15-5-2-3-8-17(15)18/h2-8,11,13,18,20-21H,9-10,12H2,1H3/t13-,18?/m1/s1. The van der Waals surface area contributed by atoms with Crippen LogP contribution in [-0.4, -0.2) is 6.54 Å². The van der Waals surface area contributed by atoms with Crippen molar-refractivity contribution in [2.24, 2.45) is 0 Å². The maximum Gasteiger partial charge on any atom is 0.0409 e. The quantitative estimate of drug-likeness (QED) is 0.886. The van der Waals surface area contributed by atoms with Crippen molar-refractivity contribution in [1.82, 2.24) is 10.6 Å². The van der Waals surface area contributed by atoms with Gasteiger partial charge in [-0.1, -0.05) is 48.0 Å². The van der Waals surface area contributed by atoms with E-state index in [0.29, 0.717) is 6.04 Å². The summed E-state index contributed by atoms with van der Waals surface area (Å²) in [5.41, 5.74) is 4.04. The van der Waals surface area contributed by atoms with Gasteiger partial charge in [-0.25, -0.2) is 0 Å². The Hall–Kier alpha value is -1.35. The van der Waals surface area contributed by atoms with E-state index in [1.165, 1.54) is 16.7 Å². The SMILES string of the molecule is C[C@@H](NC1CCNCc2ccccc21)c1cccc(Cl)c1. The fourth-order valence-corrected chi connectivity index (χ4v) is 3.21. The molecular weight excluding hydrogens is 280 g/mol.